The molecule has 3 saturated heterocycles. The Morgan fingerprint density at radius 1 is 1.17 bits per heavy atom. The second-order valence-corrected chi connectivity index (χ2v) is 11.6. The summed E-state index contributed by atoms with van der Waals surface area (Å²) in [4.78, 5) is 45.6. The third kappa shape index (κ3) is 5.42. The van der Waals surface area contributed by atoms with Crippen molar-refractivity contribution in [1.29, 1.82) is 0 Å². The van der Waals surface area contributed by atoms with E-state index in [1.165, 1.54) is 0 Å². The van der Waals surface area contributed by atoms with E-state index in [1.807, 2.05) is 19.9 Å². The van der Waals surface area contributed by atoms with Gasteiger partial charge in [-0.05, 0) is 75.6 Å². The lowest BCUT2D eigenvalue weighted by atomic mass is 9.62. The lowest BCUT2D eigenvalue weighted by Gasteiger charge is -2.37. The average molecular weight is 569 g/mol. The Kier molecular flexibility index (Phi) is 9.59. The average Bonchev–Trinajstić information content (AvgIpc) is 3.48. The number of aliphatic hydroxyl groups is 1. The molecule has 0 aromatic heterocycles. The third-order valence-corrected chi connectivity index (χ3v) is 9.12. The number of ether oxygens (including phenoxy) is 3. The van der Waals surface area contributed by atoms with E-state index in [9.17, 15) is 19.5 Å². The quantitative estimate of drug-likeness (QED) is 0.194. The largest absolute Gasteiger partial charge is 0.497 e. The van der Waals surface area contributed by atoms with Crippen LogP contribution in [-0.2, 0) is 23.9 Å². The van der Waals surface area contributed by atoms with Crippen LogP contribution in [0.1, 0.15) is 52.4 Å². The number of carbonyl (C=O) groups excluding carboxylic acids is 3. The van der Waals surface area contributed by atoms with Crippen molar-refractivity contribution < 1.29 is 33.7 Å². The van der Waals surface area contributed by atoms with Gasteiger partial charge in [-0.25, -0.2) is 0 Å². The van der Waals surface area contributed by atoms with Crippen molar-refractivity contribution in [2.24, 2.45) is 17.8 Å². The van der Waals surface area contributed by atoms with E-state index in [4.69, 9.17) is 14.2 Å². The first-order valence-corrected chi connectivity index (χ1v) is 14.7. The highest BCUT2D eigenvalue weighted by Crippen LogP contribution is 2.65. The molecule has 1 spiro atoms. The maximum absolute atomic E-state index is 14.6. The summed E-state index contributed by atoms with van der Waals surface area (Å²) in [5, 5.41) is 9.42. The summed E-state index contributed by atoms with van der Waals surface area (Å²) in [5.74, 6) is -2.06. The number of rotatable bonds is 15. The van der Waals surface area contributed by atoms with Crippen LogP contribution in [0.25, 0.3) is 0 Å². The van der Waals surface area contributed by atoms with Crippen LogP contribution in [0.5, 0.6) is 5.75 Å². The second kappa shape index (κ2) is 12.8. The smallest absolute Gasteiger partial charge is 0.312 e. The first-order valence-electron chi connectivity index (χ1n) is 14.7. The van der Waals surface area contributed by atoms with Gasteiger partial charge in [-0.1, -0.05) is 19.1 Å². The van der Waals surface area contributed by atoms with Crippen LogP contribution in [-0.4, -0.2) is 78.4 Å². The number of aliphatic hydroxyl groups excluding tert-OH is 1. The Balaban J connectivity index is 1.71. The molecule has 0 aliphatic carbocycles. The van der Waals surface area contributed by atoms with Crippen LogP contribution in [0.2, 0.25) is 0 Å². The molecule has 6 atom stereocenters. The zero-order chi connectivity index (χ0) is 29.8. The number of hydrogen-bond donors (Lipinski definition) is 1. The molecule has 3 fully saturated rings. The first kappa shape index (κ1) is 30.8. The van der Waals surface area contributed by atoms with Crippen molar-refractivity contribution in [1.82, 2.24) is 4.90 Å². The topological polar surface area (TPSA) is 106 Å². The van der Waals surface area contributed by atoms with Gasteiger partial charge >= 0.3 is 5.97 Å². The summed E-state index contributed by atoms with van der Waals surface area (Å²) in [6, 6.07) is 6.22. The molecule has 3 unspecified atom stereocenters. The number of carbonyl (C=O) groups is 3. The predicted octanol–water partition coefficient (Wildman–Crippen LogP) is 3.90. The number of hydrogen-bond acceptors (Lipinski definition) is 7. The summed E-state index contributed by atoms with van der Waals surface area (Å²) in [7, 11) is 1.58. The Morgan fingerprint density at radius 2 is 1.90 bits per heavy atom. The Bertz CT molecular complexity index is 1140. The first-order chi connectivity index (χ1) is 19.7. The van der Waals surface area contributed by atoms with Crippen molar-refractivity contribution in [2.45, 2.75) is 69.6 Å². The molecule has 3 aliphatic heterocycles. The zero-order valence-corrected chi connectivity index (χ0v) is 24.5. The van der Waals surface area contributed by atoms with Gasteiger partial charge in [0, 0.05) is 25.4 Å². The number of methoxy groups -OCH3 is 1. The van der Waals surface area contributed by atoms with Crippen LogP contribution < -0.4 is 9.64 Å². The molecule has 3 aliphatic rings. The van der Waals surface area contributed by atoms with Gasteiger partial charge in [0.25, 0.3) is 5.91 Å². The van der Waals surface area contributed by atoms with Gasteiger partial charge in [0.15, 0.2) is 0 Å². The highest BCUT2D eigenvalue weighted by Gasteiger charge is 2.80. The van der Waals surface area contributed by atoms with E-state index in [1.54, 1.807) is 47.3 Å². The molecule has 1 aromatic rings. The van der Waals surface area contributed by atoms with Crippen LogP contribution in [0, 0.1) is 17.8 Å². The monoisotopic (exact) mass is 568 g/mol. The van der Waals surface area contributed by atoms with Gasteiger partial charge in [0.2, 0.25) is 5.91 Å². The lowest BCUT2D eigenvalue weighted by Crippen LogP contribution is -2.57. The summed E-state index contributed by atoms with van der Waals surface area (Å²) < 4.78 is 17.8. The van der Waals surface area contributed by atoms with E-state index in [0.717, 1.165) is 12.8 Å². The van der Waals surface area contributed by atoms with Gasteiger partial charge < -0.3 is 29.1 Å². The number of unbranched alkanes of at least 4 members (excludes halogenated alkanes) is 3. The van der Waals surface area contributed by atoms with Gasteiger partial charge in [-0.3, -0.25) is 14.4 Å². The highest BCUT2D eigenvalue weighted by atomic mass is 16.6. The second-order valence-electron chi connectivity index (χ2n) is 11.6. The molecule has 9 heteroatoms. The maximum Gasteiger partial charge on any atom is 0.312 e. The maximum atomic E-state index is 14.6. The van der Waals surface area contributed by atoms with Crippen LogP contribution >= 0.6 is 0 Å². The minimum absolute atomic E-state index is 0.0178. The van der Waals surface area contributed by atoms with Crippen LogP contribution in [0.15, 0.2) is 49.6 Å². The van der Waals surface area contributed by atoms with E-state index in [2.05, 4.69) is 13.2 Å². The fraction of sp³-hybridized carbons (Fsp3) is 0.594. The van der Waals surface area contributed by atoms with Crippen molar-refractivity contribution >= 4 is 23.5 Å². The molecular formula is C32H44N2O7. The zero-order valence-electron chi connectivity index (χ0n) is 24.5. The molecule has 0 saturated carbocycles. The van der Waals surface area contributed by atoms with Gasteiger partial charge in [-0.2, -0.15) is 0 Å². The van der Waals surface area contributed by atoms with Crippen molar-refractivity contribution in [3.63, 3.8) is 0 Å². The van der Waals surface area contributed by atoms with E-state index in [0.29, 0.717) is 37.1 Å². The Hall–Kier alpha value is -3.17. The summed E-state index contributed by atoms with van der Waals surface area (Å²) in [5.41, 5.74) is -1.46. The summed E-state index contributed by atoms with van der Waals surface area (Å²) in [6.45, 7) is 12.2. The fourth-order valence-corrected chi connectivity index (χ4v) is 7.03. The number of nitrogens with zero attached hydrogens (tertiary/aromatic N) is 2. The van der Waals surface area contributed by atoms with Crippen LogP contribution in [0.4, 0.5) is 5.69 Å². The molecule has 1 aromatic carbocycles. The van der Waals surface area contributed by atoms with E-state index in [-0.39, 0.29) is 44.0 Å². The molecule has 3 heterocycles. The van der Waals surface area contributed by atoms with Crippen molar-refractivity contribution in [2.75, 3.05) is 38.3 Å². The minimum atomic E-state index is -1.17. The number of allylic oxidation sites excluding steroid dienone is 1. The standard InChI is InChI=1S/C32H44N2O7/c1-6-8-9-12-20-40-30(38)26-25-28(36)34(18-10-11-19-35)27(32(25)21-22(3)31(26,4)41-32)29(37)33(17-7-2)23-13-15-24(39-5)16-14-23/h6-7,13-16,22,25-27,35H,1-2,8-12,17-21H2,3-5H3/t22?,25-,26-,27?,31+,32?/m0/s1. The minimum Gasteiger partial charge on any atom is -0.497 e. The van der Waals surface area contributed by atoms with Gasteiger partial charge in [-0.15, -0.1) is 13.2 Å². The summed E-state index contributed by atoms with van der Waals surface area (Å²) >= 11 is 0. The predicted molar refractivity (Wildman–Crippen MR) is 155 cm³/mol. The number of anilines is 1. The normalized spacial score (nSPS) is 29.8. The molecule has 224 valence electrons. The van der Waals surface area contributed by atoms with E-state index < -0.39 is 35.0 Å². The van der Waals surface area contributed by atoms with Crippen molar-refractivity contribution in [3.05, 3.63) is 49.6 Å². The van der Waals surface area contributed by atoms with Gasteiger partial charge in [0.1, 0.15) is 23.3 Å². The number of benzene rings is 1. The van der Waals surface area contributed by atoms with E-state index >= 15 is 0 Å². The number of esters is 1. The molecule has 1 N–H and O–H groups in total. The highest BCUT2D eigenvalue weighted by molar-refractivity contribution is 6.04. The Labute approximate surface area is 243 Å². The van der Waals surface area contributed by atoms with Gasteiger partial charge in [0.05, 0.1) is 25.2 Å². The number of amides is 2. The number of likely N-dealkylation sites (tertiary alicyclic amines) is 1. The molecule has 2 bridgehead atoms. The summed E-state index contributed by atoms with van der Waals surface area (Å²) in [6.07, 6.45) is 7.36. The third-order valence-electron chi connectivity index (χ3n) is 9.12. The molecule has 2 amide bonds. The molecule has 9 nitrogen and oxygen atoms in total. The van der Waals surface area contributed by atoms with Crippen LogP contribution in [0.3, 0.4) is 0 Å². The lowest BCUT2D eigenvalue weighted by molar-refractivity contribution is -0.161. The molecule has 41 heavy (non-hydrogen) atoms. The molecular weight excluding hydrogens is 524 g/mol. The molecule has 4 rings (SSSR count). The van der Waals surface area contributed by atoms with Crippen molar-refractivity contribution in [3.8, 4) is 5.75 Å². The Morgan fingerprint density at radius 3 is 2.54 bits per heavy atom. The fourth-order valence-electron chi connectivity index (χ4n) is 7.03. The number of fused-ring (bicyclic) bond motifs is 1. The molecule has 0 radical (unpaired) electrons. The SMILES string of the molecule is C=CCCCCOC(=O)[C@@H]1[C@H]2C(=O)N(CCCCO)C(C(=O)N(CC=C)c3ccc(OC)cc3)C23CC(C)[C@@]1(C)O3.